The summed E-state index contributed by atoms with van der Waals surface area (Å²) in [4.78, 5) is 12.6. The Hall–Kier alpha value is -1.86. The molecule has 0 aliphatic heterocycles. The number of carbonyl (C=O) groups is 1. The molecule has 2 N–H and O–H groups in total. The zero-order valence-electron chi connectivity index (χ0n) is 15.8. The van der Waals surface area contributed by atoms with E-state index in [2.05, 4.69) is 23.6 Å². The van der Waals surface area contributed by atoms with E-state index in [-0.39, 0.29) is 11.9 Å². The molecule has 4 aliphatic carbocycles. The molecule has 0 unspecified atom stereocenters. The van der Waals surface area contributed by atoms with Crippen LogP contribution in [0, 0.1) is 34.5 Å². The molecule has 0 heterocycles. The number of amides is 1. The third-order valence-corrected chi connectivity index (χ3v) is 7.16. The number of hydrogen-bond acceptors (Lipinski definition) is 3. The summed E-state index contributed by atoms with van der Waals surface area (Å²) >= 11 is 0. The van der Waals surface area contributed by atoms with Crippen LogP contribution in [0.25, 0.3) is 0 Å². The monoisotopic (exact) mass is 351 g/mol. The van der Waals surface area contributed by atoms with Gasteiger partial charge < -0.3 is 10.6 Å². The van der Waals surface area contributed by atoms with Crippen molar-refractivity contribution in [2.24, 2.45) is 23.2 Å². The smallest absolute Gasteiger partial charge is 0.241 e. The normalized spacial score (nSPS) is 34.1. The van der Waals surface area contributed by atoms with Crippen LogP contribution in [-0.2, 0) is 4.79 Å². The fourth-order valence-corrected chi connectivity index (χ4v) is 6.25. The molecule has 0 radical (unpaired) electrons. The molecule has 4 saturated carbocycles. The zero-order valence-corrected chi connectivity index (χ0v) is 15.8. The molecule has 4 aliphatic rings. The molecule has 2 atom stereocenters. The summed E-state index contributed by atoms with van der Waals surface area (Å²) in [7, 11) is 0. The van der Waals surface area contributed by atoms with Crippen LogP contribution < -0.4 is 10.6 Å². The number of hydrogen-bond donors (Lipinski definition) is 2. The molecule has 4 fully saturated rings. The highest BCUT2D eigenvalue weighted by atomic mass is 16.2. The Bertz CT molecular complexity index is 700. The van der Waals surface area contributed by atoms with Crippen LogP contribution in [0.15, 0.2) is 24.3 Å². The van der Waals surface area contributed by atoms with Gasteiger partial charge in [-0.2, -0.15) is 5.26 Å². The standard InChI is InChI=1S/C22H29N3O/c1-14(21(26)25-20-5-3-4-16(9-20)13-23)24-15(2)22-10-17-6-18(11-22)8-19(7-17)12-22/h3-5,9,14-15,17-19,24H,6-8,10-12H2,1-2H3,(H,25,26)/t14-,15+,17?,18?,19?,22?/m1/s1. The molecular weight excluding hydrogens is 322 g/mol. The van der Waals surface area contributed by atoms with Crippen LogP contribution in [0.4, 0.5) is 5.69 Å². The topological polar surface area (TPSA) is 64.9 Å². The van der Waals surface area contributed by atoms with Crippen molar-refractivity contribution in [1.29, 1.82) is 5.26 Å². The summed E-state index contributed by atoms with van der Waals surface area (Å²) in [5, 5.41) is 15.6. The van der Waals surface area contributed by atoms with Gasteiger partial charge in [0.1, 0.15) is 0 Å². The van der Waals surface area contributed by atoms with Crippen molar-refractivity contribution in [1.82, 2.24) is 5.32 Å². The first-order valence-electron chi connectivity index (χ1n) is 10.0. The van der Waals surface area contributed by atoms with Crippen molar-refractivity contribution < 1.29 is 4.79 Å². The van der Waals surface area contributed by atoms with Gasteiger partial charge in [-0.1, -0.05) is 6.07 Å². The fraction of sp³-hybridized carbons (Fsp3) is 0.636. The lowest BCUT2D eigenvalue weighted by atomic mass is 9.48. The first-order valence-corrected chi connectivity index (χ1v) is 10.0. The molecule has 138 valence electrons. The summed E-state index contributed by atoms with van der Waals surface area (Å²) in [5.74, 6) is 2.73. The Morgan fingerprint density at radius 1 is 1.15 bits per heavy atom. The highest BCUT2D eigenvalue weighted by Crippen LogP contribution is 2.61. The van der Waals surface area contributed by atoms with Crippen molar-refractivity contribution in [3.63, 3.8) is 0 Å². The first kappa shape index (κ1) is 17.5. The van der Waals surface area contributed by atoms with Gasteiger partial charge in [0.25, 0.3) is 0 Å². The minimum absolute atomic E-state index is 0.0309. The summed E-state index contributed by atoms with van der Waals surface area (Å²) in [6, 6.07) is 9.31. The molecule has 26 heavy (non-hydrogen) atoms. The van der Waals surface area contributed by atoms with Gasteiger partial charge >= 0.3 is 0 Å². The Morgan fingerprint density at radius 2 is 1.77 bits per heavy atom. The lowest BCUT2D eigenvalue weighted by molar-refractivity contribution is -0.119. The summed E-state index contributed by atoms with van der Waals surface area (Å²) in [5.41, 5.74) is 1.64. The second-order valence-electron chi connectivity index (χ2n) is 9.07. The van der Waals surface area contributed by atoms with Crippen LogP contribution in [0.2, 0.25) is 0 Å². The quantitative estimate of drug-likeness (QED) is 0.840. The van der Waals surface area contributed by atoms with Crippen LogP contribution in [-0.4, -0.2) is 18.0 Å². The van der Waals surface area contributed by atoms with E-state index in [0.29, 0.717) is 22.7 Å². The minimum Gasteiger partial charge on any atom is -0.325 e. The van der Waals surface area contributed by atoms with E-state index in [1.165, 1.54) is 38.5 Å². The summed E-state index contributed by atoms with van der Waals surface area (Å²) in [6.45, 7) is 4.23. The number of nitrogens with one attached hydrogen (secondary N) is 2. The fourth-order valence-electron chi connectivity index (χ4n) is 6.25. The van der Waals surface area contributed by atoms with Crippen molar-refractivity contribution in [2.75, 3.05) is 5.32 Å². The highest BCUT2D eigenvalue weighted by Gasteiger charge is 2.53. The average Bonchev–Trinajstić information content (AvgIpc) is 2.60. The van der Waals surface area contributed by atoms with Crippen LogP contribution in [0.1, 0.15) is 57.9 Å². The maximum atomic E-state index is 12.6. The van der Waals surface area contributed by atoms with Gasteiger partial charge in [0.05, 0.1) is 17.7 Å². The van der Waals surface area contributed by atoms with Gasteiger partial charge in [-0.25, -0.2) is 0 Å². The highest BCUT2D eigenvalue weighted by molar-refractivity contribution is 5.94. The van der Waals surface area contributed by atoms with Crippen molar-refractivity contribution in [2.45, 2.75) is 64.5 Å². The van der Waals surface area contributed by atoms with E-state index in [1.54, 1.807) is 18.2 Å². The summed E-state index contributed by atoms with van der Waals surface area (Å²) < 4.78 is 0. The van der Waals surface area contributed by atoms with Gasteiger partial charge in [-0.15, -0.1) is 0 Å². The van der Waals surface area contributed by atoms with Gasteiger partial charge in [0, 0.05) is 11.7 Å². The Labute approximate surface area is 156 Å². The molecule has 0 spiro atoms. The lowest BCUT2D eigenvalue weighted by Crippen LogP contribution is -2.57. The van der Waals surface area contributed by atoms with E-state index in [4.69, 9.17) is 5.26 Å². The second kappa shape index (κ2) is 6.70. The molecule has 0 saturated heterocycles. The third-order valence-electron chi connectivity index (χ3n) is 7.16. The third kappa shape index (κ3) is 3.25. The number of benzene rings is 1. The van der Waals surface area contributed by atoms with Gasteiger partial charge in [-0.05, 0) is 93.7 Å². The van der Waals surface area contributed by atoms with Crippen LogP contribution in [0.5, 0.6) is 0 Å². The molecule has 4 bridgehead atoms. The van der Waals surface area contributed by atoms with Gasteiger partial charge in [-0.3, -0.25) is 4.79 Å². The Morgan fingerprint density at radius 3 is 2.35 bits per heavy atom. The van der Waals surface area contributed by atoms with Crippen molar-refractivity contribution >= 4 is 11.6 Å². The van der Waals surface area contributed by atoms with E-state index < -0.39 is 0 Å². The molecule has 4 heteroatoms. The van der Waals surface area contributed by atoms with Crippen LogP contribution in [0.3, 0.4) is 0 Å². The Kier molecular flexibility index (Phi) is 4.52. The number of rotatable bonds is 5. The predicted molar refractivity (Wildman–Crippen MR) is 102 cm³/mol. The van der Waals surface area contributed by atoms with Crippen molar-refractivity contribution in [3.05, 3.63) is 29.8 Å². The molecule has 5 rings (SSSR count). The van der Waals surface area contributed by atoms with Crippen molar-refractivity contribution in [3.8, 4) is 6.07 Å². The van der Waals surface area contributed by atoms with E-state index >= 15 is 0 Å². The number of anilines is 1. The molecule has 1 aromatic carbocycles. The SMILES string of the molecule is C[C@H](N[C@H](C)C(=O)Nc1cccc(C#N)c1)C12CC3CC(CC(C3)C1)C2. The van der Waals surface area contributed by atoms with Crippen LogP contribution >= 0.6 is 0 Å². The number of nitrogens with zero attached hydrogens (tertiary/aromatic N) is 1. The van der Waals surface area contributed by atoms with Gasteiger partial charge in [0.15, 0.2) is 0 Å². The van der Waals surface area contributed by atoms with E-state index in [1.807, 2.05) is 13.0 Å². The minimum atomic E-state index is -0.247. The second-order valence-corrected chi connectivity index (χ2v) is 9.07. The van der Waals surface area contributed by atoms with E-state index in [0.717, 1.165) is 17.8 Å². The molecule has 1 amide bonds. The zero-order chi connectivity index (χ0) is 18.3. The first-order chi connectivity index (χ1) is 12.5. The lowest BCUT2D eigenvalue weighted by Gasteiger charge is -2.59. The number of nitriles is 1. The largest absolute Gasteiger partial charge is 0.325 e. The molecule has 1 aromatic rings. The molecular formula is C22H29N3O. The maximum absolute atomic E-state index is 12.6. The number of carbonyl (C=O) groups excluding carboxylic acids is 1. The summed E-state index contributed by atoms with van der Waals surface area (Å²) in [6.07, 6.45) is 8.34. The maximum Gasteiger partial charge on any atom is 0.241 e. The average molecular weight is 351 g/mol. The predicted octanol–water partition coefficient (Wildman–Crippen LogP) is 4.08. The van der Waals surface area contributed by atoms with E-state index in [9.17, 15) is 4.79 Å². The Balaban J connectivity index is 1.39. The van der Waals surface area contributed by atoms with Gasteiger partial charge in [0.2, 0.25) is 5.91 Å². The molecule has 0 aromatic heterocycles. The molecule has 4 nitrogen and oxygen atoms in total.